The van der Waals surface area contributed by atoms with Gasteiger partial charge in [0.25, 0.3) is 0 Å². The van der Waals surface area contributed by atoms with Crippen molar-refractivity contribution in [3.05, 3.63) is 52.9 Å². The topological polar surface area (TPSA) is 43.1 Å². The fourth-order valence-corrected chi connectivity index (χ4v) is 2.47. The lowest BCUT2D eigenvalue weighted by atomic mass is 10.0. The number of benzene rings is 1. The van der Waals surface area contributed by atoms with Gasteiger partial charge in [-0.1, -0.05) is 41.9 Å². The van der Waals surface area contributed by atoms with Crippen molar-refractivity contribution in [2.75, 3.05) is 0 Å². The molecular weight excluding hydrogens is 226 g/mol. The Morgan fingerprint density at radius 3 is 2.67 bits per heavy atom. The Kier molecular flexibility index (Phi) is 2.97. The molecule has 0 fully saturated rings. The molecule has 0 saturated carbocycles. The van der Waals surface area contributed by atoms with E-state index in [9.17, 15) is 4.79 Å². The van der Waals surface area contributed by atoms with E-state index in [1.165, 1.54) is 6.42 Å². The Balaban J connectivity index is 1.98. The summed E-state index contributed by atoms with van der Waals surface area (Å²) >= 11 is 0. The normalized spacial score (nSPS) is 14.9. The molecule has 18 heavy (non-hydrogen) atoms. The van der Waals surface area contributed by atoms with E-state index in [1.807, 2.05) is 30.3 Å². The zero-order valence-corrected chi connectivity index (χ0v) is 10.2. The summed E-state index contributed by atoms with van der Waals surface area (Å²) in [5, 5.41) is 4.07. The smallest absolute Gasteiger partial charge is 0.231 e. The van der Waals surface area contributed by atoms with Crippen molar-refractivity contribution in [3.8, 4) is 0 Å². The molecule has 1 heterocycles. The molecule has 1 aromatic carbocycles. The predicted molar refractivity (Wildman–Crippen MR) is 67.6 cm³/mol. The van der Waals surface area contributed by atoms with E-state index in [1.54, 1.807) is 0 Å². The molecule has 1 aliphatic carbocycles. The Morgan fingerprint density at radius 1 is 1.06 bits per heavy atom. The van der Waals surface area contributed by atoms with Crippen LogP contribution in [0.4, 0.5) is 0 Å². The van der Waals surface area contributed by atoms with E-state index < -0.39 is 0 Å². The van der Waals surface area contributed by atoms with Crippen LogP contribution in [0.25, 0.3) is 0 Å². The number of nitrogens with zero attached hydrogens (tertiary/aromatic N) is 1. The van der Waals surface area contributed by atoms with Gasteiger partial charge in [-0.05, 0) is 25.7 Å². The second-order valence-electron chi connectivity index (χ2n) is 4.69. The van der Waals surface area contributed by atoms with E-state index in [4.69, 9.17) is 4.52 Å². The van der Waals surface area contributed by atoms with Gasteiger partial charge in [0.1, 0.15) is 0 Å². The molecule has 3 nitrogen and oxygen atoms in total. The van der Waals surface area contributed by atoms with Gasteiger partial charge in [0.05, 0.1) is 5.69 Å². The lowest BCUT2D eigenvalue weighted by Gasteiger charge is -2.00. The molecule has 0 atom stereocenters. The Bertz CT molecular complexity index is 557. The van der Waals surface area contributed by atoms with Crippen LogP contribution in [0, 0.1) is 0 Å². The van der Waals surface area contributed by atoms with Gasteiger partial charge in [0, 0.05) is 11.1 Å². The Hall–Kier alpha value is -1.90. The van der Waals surface area contributed by atoms with E-state index in [0.29, 0.717) is 11.3 Å². The third-order valence-corrected chi connectivity index (χ3v) is 3.45. The van der Waals surface area contributed by atoms with Gasteiger partial charge >= 0.3 is 0 Å². The molecule has 92 valence electrons. The summed E-state index contributed by atoms with van der Waals surface area (Å²) in [5.41, 5.74) is 2.67. The fraction of sp³-hybridized carbons (Fsp3) is 0.333. The predicted octanol–water partition coefficient (Wildman–Crippen LogP) is 3.17. The van der Waals surface area contributed by atoms with Gasteiger partial charge in [0.2, 0.25) is 11.5 Å². The number of hydrogen-bond acceptors (Lipinski definition) is 3. The molecule has 1 aliphatic rings. The van der Waals surface area contributed by atoms with Gasteiger partial charge in [-0.25, -0.2) is 0 Å². The molecule has 0 saturated heterocycles. The first-order chi connectivity index (χ1) is 8.86. The van der Waals surface area contributed by atoms with Crippen LogP contribution < -0.4 is 0 Å². The summed E-state index contributed by atoms with van der Waals surface area (Å²) in [6.45, 7) is 0. The number of carbonyl (C=O) groups is 1. The highest BCUT2D eigenvalue weighted by molar-refractivity contribution is 6.08. The van der Waals surface area contributed by atoms with Gasteiger partial charge in [-0.2, -0.15) is 0 Å². The van der Waals surface area contributed by atoms with Crippen LogP contribution in [0.1, 0.15) is 46.6 Å². The molecule has 3 rings (SSSR count). The van der Waals surface area contributed by atoms with Crippen LogP contribution in [0.3, 0.4) is 0 Å². The molecule has 0 radical (unpaired) electrons. The van der Waals surface area contributed by atoms with Crippen molar-refractivity contribution in [1.29, 1.82) is 0 Å². The van der Waals surface area contributed by atoms with Gasteiger partial charge < -0.3 is 4.52 Å². The molecule has 3 heteroatoms. The van der Waals surface area contributed by atoms with E-state index in [2.05, 4.69) is 5.16 Å². The molecule has 0 aliphatic heterocycles. The third-order valence-electron chi connectivity index (χ3n) is 3.45. The number of hydrogen-bond donors (Lipinski definition) is 0. The number of aromatic nitrogens is 1. The lowest BCUT2D eigenvalue weighted by molar-refractivity contribution is 0.0999. The number of fused-ring (bicyclic) bond motifs is 1. The second-order valence-corrected chi connectivity index (χ2v) is 4.69. The quantitative estimate of drug-likeness (QED) is 0.599. The average Bonchev–Trinajstić information content (AvgIpc) is 2.68. The lowest BCUT2D eigenvalue weighted by Crippen LogP contribution is -2.03. The van der Waals surface area contributed by atoms with E-state index in [-0.39, 0.29) is 5.78 Å². The summed E-state index contributed by atoms with van der Waals surface area (Å²) in [5.74, 6) is 0.393. The summed E-state index contributed by atoms with van der Waals surface area (Å²) in [6.07, 6.45) is 5.30. The van der Waals surface area contributed by atoms with Crippen LogP contribution in [-0.2, 0) is 12.8 Å². The van der Waals surface area contributed by atoms with Gasteiger partial charge in [-0.3, -0.25) is 4.79 Å². The van der Waals surface area contributed by atoms with Crippen LogP contribution in [0.2, 0.25) is 0 Å². The zero-order chi connectivity index (χ0) is 12.4. The highest BCUT2D eigenvalue weighted by Crippen LogP contribution is 2.25. The van der Waals surface area contributed by atoms with Crippen molar-refractivity contribution >= 4 is 5.78 Å². The molecule has 0 bridgehead atoms. The maximum atomic E-state index is 12.4. The third kappa shape index (κ3) is 1.96. The Labute approximate surface area is 106 Å². The monoisotopic (exact) mass is 241 g/mol. The zero-order valence-electron chi connectivity index (χ0n) is 10.2. The maximum Gasteiger partial charge on any atom is 0.231 e. The maximum absolute atomic E-state index is 12.4. The van der Waals surface area contributed by atoms with Crippen LogP contribution in [0.5, 0.6) is 0 Å². The highest BCUT2D eigenvalue weighted by atomic mass is 16.5. The summed E-state index contributed by atoms with van der Waals surface area (Å²) in [4.78, 5) is 12.4. The van der Waals surface area contributed by atoms with E-state index in [0.717, 1.165) is 36.9 Å². The minimum absolute atomic E-state index is 0.0498. The van der Waals surface area contributed by atoms with Gasteiger partial charge in [0.15, 0.2) is 0 Å². The summed E-state index contributed by atoms with van der Waals surface area (Å²) in [6, 6.07) is 9.25. The van der Waals surface area contributed by atoms with Crippen LogP contribution in [0.15, 0.2) is 34.9 Å². The SMILES string of the molecule is O=C(c1ccccc1)c1onc2c1CCCCC2. The first-order valence-corrected chi connectivity index (χ1v) is 6.43. The first kappa shape index (κ1) is 11.2. The molecule has 2 aromatic rings. The van der Waals surface area contributed by atoms with Crippen molar-refractivity contribution in [3.63, 3.8) is 0 Å². The second kappa shape index (κ2) is 4.77. The summed E-state index contributed by atoms with van der Waals surface area (Å²) < 4.78 is 5.29. The van der Waals surface area contributed by atoms with Crippen molar-refractivity contribution < 1.29 is 9.32 Å². The first-order valence-electron chi connectivity index (χ1n) is 6.43. The van der Waals surface area contributed by atoms with Crippen molar-refractivity contribution in [2.24, 2.45) is 0 Å². The van der Waals surface area contributed by atoms with E-state index >= 15 is 0 Å². The van der Waals surface area contributed by atoms with Crippen LogP contribution >= 0.6 is 0 Å². The molecule has 1 aromatic heterocycles. The van der Waals surface area contributed by atoms with Crippen molar-refractivity contribution in [2.45, 2.75) is 32.1 Å². The molecule has 0 N–H and O–H groups in total. The molecule has 0 spiro atoms. The standard InChI is InChI=1S/C15H15NO2/c17-14(11-7-3-1-4-8-11)15-12-9-5-2-6-10-13(12)16-18-15/h1,3-4,7-8H,2,5-6,9-10H2. The molecule has 0 unspecified atom stereocenters. The largest absolute Gasteiger partial charge is 0.352 e. The number of ketones is 1. The van der Waals surface area contributed by atoms with Crippen LogP contribution in [-0.4, -0.2) is 10.9 Å². The average molecular weight is 241 g/mol. The molecule has 0 amide bonds. The fourth-order valence-electron chi connectivity index (χ4n) is 2.47. The number of carbonyl (C=O) groups excluding carboxylic acids is 1. The molecular formula is C15H15NO2. The number of aryl methyl sites for hydroxylation is 1. The van der Waals surface area contributed by atoms with Gasteiger partial charge in [-0.15, -0.1) is 0 Å². The Morgan fingerprint density at radius 2 is 1.83 bits per heavy atom. The minimum Gasteiger partial charge on any atom is -0.352 e. The number of rotatable bonds is 2. The van der Waals surface area contributed by atoms with Crippen molar-refractivity contribution in [1.82, 2.24) is 5.16 Å². The summed E-state index contributed by atoms with van der Waals surface area (Å²) in [7, 11) is 0. The highest BCUT2D eigenvalue weighted by Gasteiger charge is 2.23. The minimum atomic E-state index is -0.0498.